The van der Waals surface area contributed by atoms with Crippen LogP contribution in [-0.2, 0) is 9.53 Å². The molecule has 7 nitrogen and oxygen atoms in total. The summed E-state index contributed by atoms with van der Waals surface area (Å²) in [6.07, 6.45) is -0.580. The third-order valence-electron chi connectivity index (χ3n) is 3.25. The van der Waals surface area contributed by atoms with Crippen molar-refractivity contribution in [3.8, 4) is 16.6 Å². The third kappa shape index (κ3) is 9.48. The summed E-state index contributed by atoms with van der Waals surface area (Å²) in [5.41, 5.74) is 0. The fourth-order valence-corrected chi connectivity index (χ4v) is 2.51. The van der Waals surface area contributed by atoms with Crippen molar-refractivity contribution >= 4 is 29.7 Å². The molecule has 27 heavy (non-hydrogen) atoms. The summed E-state index contributed by atoms with van der Waals surface area (Å²) in [7, 11) is 1.31. The number of ether oxygens (including phenoxy) is 4. The van der Waals surface area contributed by atoms with Crippen molar-refractivity contribution in [2.75, 3.05) is 40.0 Å². The minimum atomic E-state index is -0.580. The second kappa shape index (κ2) is 13.2. The highest BCUT2D eigenvalue weighted by molar-refractivity contribution is 7.11. The Morgan fingerprint density at radius 2 is 1.85 bits per heavy atom. The molecular weight excluding hydrogens is 394 g/mol. The molecule has 0 aliphatic rings. The highest BCUT2D eigenvalue weighted by atomic mass is 35.5. The normalized spacial score (nSPS) is 11.2. The highest BCUT2D eigenvalue weighted by Gasteiger charge is 2.05. The monoisotopic (exact) mass is 417 g/mol. The smallest absolute Gasteiger partial charge is 0.343 e. The van der Waals surface area contributed by atoms with E-state index in [1.807, 2.05) is 17.5 Å². The van der Waals surface area contributed by atoms with Gasteiger partial charge in [-0.1, -0.05) is 0 Å². The van der Waals surface area contributed by atoms with Gasteiger partial charge in [0.2, 0.25) is 0 Å². The molecule has 9 heteroatoms. The molecule has 1 aromatic carbocycles. The number of hydrogen-bond donors (Lipinski definition) is 2. The van der Waals surface area contributed by atoms with Crippen molar-refractivity contribution in [3.05, 3.63) is 41.8 Å². The molecule has 0 radical (unpaired) electrons. The van der Waals surface area contributed by atoms with Crippen LogP contribution in [0.1, 0.15) is 0 Å². The molecule has 1 unspecified atom stereocenters. The van der Waals surface area contributed by atoms with Gasteiger partial charge in [-0.15, -0.1) is 23.7 Å². The number of thiophene rings is 1. The fraction of sp³-hybridized carbons (Fsp3) is 0.389. The van der Waals surface area contributed by atoms with E-state index < -0.39 is 12.1 Å². The highest BCUT2D eigenvalue weighted by Crippen LogP contribution is 2.18. The van der Waals surface area contributed by atoms with Crippen LogP contribution < -0.4 is 19.5 Å². The number of methoxy groups -OCH3 is 1. The predicted octanol–water partition coefficient (Wildman–Crippen LogP) is 2.13. The van der Waals surface area contributed by atoms with Crippen LogP contribution in [-0.4, -0.2) is 57.2 Å². The summed E-state index contributed by atoms with van der Waals surface area (Å²) in [6.45, 7) is 1.60. The first-order valence-electron chi connectivity index (χ1n) is 8.15. The van der Waals surface area contributed by atoms with E-state index in [-0.39, 0.29) is 25.6 Å². The van der Waals surface area contributed by atoms with Crippen LogP contribution in [0.2, 0.25) is 0 Å². The SMILES string of the molecule is COC(=O)COc1ccc(OCCNCC(O)COc2cccs2)cc1.Cl. The van der Waals surface area contributed by atoms with Crippen molar-refractivity contribution < 1.29 is 28.8 Å². The first-order chi connectivity index (χ1) is 12.7. The third-order valence-corrected chi connectivity index (χ3v) is 4.03. The molecule has 2 rings (SSSR count). The van der Waals surface area contributed by atoms with Crippen LogP contribution >= 0.6 is 23.7 Å². The lowest BCUT2D eigenvalue weighted by Gasteiger charge is -2.13. The molecule has 2 N–H and O–H groups in total. The molecular formula is C18H24ClNO6S. The van der Waals surface area contributed by atoms with Gasteiger partial charge < -0.3 is 29.4 Å². The lowest BCUT2D eigenvalue weighted by molar-refractivity contribution is -0.142. The van der Waals surface area contributed by atoms with Crippen LogP contribution in [0.3, 0.4) is 0 Å². The summed E-state index contributed by atoms with van der Waals surface area (Å²) in [6, 6.07) is 10.7. The van der Waals surface area contributed by atoms with E-state index in [0.717, 1.165) is 5.06 Å². The van der Waals surface area contributed by atoms with Crippen LogP contribution in [0.25, 0.3) is 0 Å². The van der Waals surface area contributed by atoms with E-state index in [1.165, 1.54) is 18.4 Å². The lowest BCUT2D eigenvalue weighted by Crippen LogP contribution is -2.33. The Bertz CT molecular complexity index is 638. The standard InChI is InChI=1S/C18H23NO6S.ClH/c1-22-17(21)13-24-16-6-4-15(5-7-16)23-9-8-19-11-14(20)12-25-18-3-2-10-26-18;/h2-7,10,14,19-20H,8-9,11-13H2,1H3;1H. The first kappa shape index (κ1) is 23.0. The van der Waals surface area contributed by atoms with E-state index >= 15 is 0 Å². The minimum Gasteiger partial charge on any atom is -0.492 e. The number of carbonyl (C=O) groups is 1. The molecule has 0 saturated carbocycles. The van der Waals surface area contributed by atoms with Crippen molar-refractivity contribution in [3.63, 3.8) is 0 Å². The van der Waals surface area contributed by atoms with E-state index in [1.54, 1.807) is 24.3 Å². The van der Waals surface area contributed by atoms with Gasteiger partial charge in [0.25, 0.3) is 0 Å². The van der Waals surface area contributed by atoms with Crippen molar-refractivity contribution in [2.45, 2.75) is 6.10 Å². The largest absolute Gasteiger partial charge is 0.492 e. The number of benzene rings is 1. The maximum Gasteiger partial charge on any atom is 0.343 e. The summed E-state index contributed by atoms with van der Waals surface area (Å²) < 4.78 is 20.8. The number of halogens is 1. The van der Waals surface area contributed by atoms with Crippen LogP contribution in [0, 0.1) is 0 Å². The number of carbonyl (C=O) groups excluding carboxylic acids is 1. The summed E-state index contributed by atoms with van der Waals surface area (Å²) in [4.78, 5) is 11.0. The number of aliphatic hydroxyl groups excluding tert-OH is 1. The maximum atomic E-state index is 11.0. The topological polar surface area (TPSA) is 86.3 Å². The van der Waals surface area contributed by atoms with Crippen LogP contribution in [0.5, 0.6) is 16.6 Å². The molecule has 0 aliphatic carbocycles. The van der Waals surface area contributed by atoms with E-state index in [4.69, 9.17) is 14.2 Å². The molecule has 0 amide bonds. The van der Waals surface area contributed by atoms with Crippen molar-refractivity contribution in [2.24, 2.45) is 0 Å². The Balaban J connectivity index is 0.00000364. The average Bonchev–Trinajstić information content (AvgIpc) is 3.18. The predicted molar refractivity (Wildman–Crippen MR) is 105 cm³/mol. The lowest BCUT2D eigenvalue weighted by atomic mass is 10.3. The van der Waals surface area contributed by atoms with Gasteiger partial charge >= 0.3 is 5.97 Å². The molecule has 150 valence electrons. The van der Waals surface area contributed by atoms with Crippen molar-refractivity contribution in [1.29, 1.82) is 0 Å². The Kier molecular flexibility index (Phi) is 11.3. The molecule has 0 spiro atoms. The molecule has 0 fully saturated rings. The fourth-order valence-electron chi connectivity index (χ4n) is 1.93. The van der Waals surface area contributed by atoms with E-state index in [2.05, 4.69) is 10.1 Å². The van der Waals surface area contributed by atoms with Gasteiger partial charge in [-0.3, -0.25) is 0 Å². The van der Waals surface area contributed by atoms with Gasteiger partial charge in [-0.05, 0) is 41.8 Å². The van der Waals surface area contributed by atoms with Gasteiger partial charge in [-0.25, -0.2) is 4.79 Å². The van der Waals surface area contributed by atoms with Gasteiger partial charge in [0.05, 0.1) is 7.11 Å². The second-order valence-electron chi connectivity index (χ2n) is 5.29. The zero-order chi connectivity index (χ0) is 18.6. The number of hydrogen-bond acceptors (Lipinski definition) is 8. The molecule has 1 aromatic heterocycles. The van der Waals surface area contributed by atoms with Crippen LogP contribution in [0.15, 0.2) is 41.8 Å². The zero-order valence-electron chi connectivity index (χ0n) is 15.0. The average molecular weight is 418 g/mol. The summed E-state index contributed by atoms with van der Waals surface area (Å²) in [5.74, 6) is 0.827. The minimum absolute atomic E-state index is 0. The number of rotatable bonds is 12. The molecule has 0 aliphatic heterocycles. The van der Waals surface area contributed by atoms with Gasteiger partial charge in [-0.2, -0.15) is 0 Å². The maximum absolute atomic E-state index is 11.0. The number of nitrogens with one attached hydrogen (secondary N) is 1. The zero-order valence-corrected chi connectivity index (χ0v) is 16.6. The Labute approximate surface area is 168 Å². The Hall–Kier alpha value is -2.00. The Morgan fingerprint density at radius 1 is 1.15 bits per heavy atom. The van der Waals surface area contributed by atoms with Crippen LogP contribution in [0.4, 0.5) is 0 Å². The summed E-state index contributed by atoms with van der Waals surface area (Å²) in [5, 5.41) is 15.7. The number of aliphatic hydroxyl groups is 1. The Morgan fingerprint density at radius 3 is 2.48 bits per heavy atom. The van der Waals surface area contributed by atoms with Crippen molar-refractivity contribution in [1.82, 2.24) is 5.32 Å². The molecule has 0 saturated heterocycles. The molecule has 2 aromatic rings. The number of esters is 1. The van der Waals surface area contributed by atoms with E-state index in [0.29, 0.717) is 31.2 Å². The van der Waals surface area contributed by atoms with Gasteiger partial charge in [0, 0.05) is 13.1 Å². The second-order valence-corrected chi connectivity index (χ2v) is 6.20. The molecule has 1 heterocycles. The van der Waals surface area contributed by atoms with Gasteiger partial charge in [0.15, 0.2) is 11.7 Å². The van der Waals surface area contributed by atoms with E-state index in [9.17, 15) is 9.90 Å². The molecule has 1 atom stereocenters. The first-order valence-corrected chi connectivity index (χ1v) is 9.03. The van der Waals surface area contributed by atoms with Gasteiger partial charge in [0.1, 0.15) is 30.8 Å². The summed E-state index contributed by atoms with van der Waals surface area (Å²) >= 11 is 1.50. The molecule has 0 bridgehead atoms. The quantitative estimate of drug-likeness (QED) is 0.404.